The Morgan fingerprint density at radius 3 is 2.71 bits per heavy atom. The Bertz CT molecular complexity index is 336. The van der Waals surface area contributed by atoms with Gasteiger partial charge in [0.15, 0.2) is 0 Å². The molecule has 5 heteroatoms. The normalized spacial score (nSPS) is 13.9. The topological polar surface area (TPSA) is 74.2 Å². The molecule has 0 saturated heterocycles. The summed E-state index contributed by atoms with van der Waals surface area (Å²) < 4.78 is 10.8. The maximum absolute atomic E-state index is 5.93. The highest BCUT2D eigenvalue weighted by atomic mass is 16.5. The summed E-state index contributed by atoms with van der Waals surface area (Å²) in [6.07, 6.45) is 2.65. The van der Waals surface area contributed by atoms with Gasteiger partial charge in [0.1, 0.15) is 5.60 Å². The lowest BCUT2D eigenvalue weighted by molar-refractivity contribution is -0.0221. The van der Waals surface area contributed by atoms with E-state index in [0.717, 1.165) is 12.8 Å². The second-order valence-electron chi connectivity index (χ2n) is 4.71. The van der Waals surface area contributed by atoms with Gasteiger partial charge in [0.2, 0.25) is 11.7 Å². The highest BCUT2D eigenvalue weighted by Crippen LogP contribution is 2.21. The van der Waals surface area contributed by atoms with Crippen LogP contribution in [0.5, 0.6) is 0 Å². The van der Waals surface area contributed by atoms with Gasteiger partial charge < -0.3 is 15.0 Å². The molecule has 0 radical (unpaired) electrons. The zero-order valence-corrected chi connectivity index (χ0v) is 11.2. The number of nitrogens with zero attached hydrogens (tertiary/aromatic N) is 2. The van der Waals surface area contributed by atoms with Gasteiger partial charge in [-0.05, 0) is 27.2 Å². The number of rotatable bonds is 7. The van der Waals surface area contributed by atoms with E-state index in [1.807, 2.05) is 20.8 Å². The van der Waals surface area contributed by atoms with E-state index in [1.54, 1.807) is 0 Å². The van der Waals surface area contributed by atoms with Gasteiger partial charge in [-0.3, -0.25) is 0 Å². The van der Waals surface area contributed by atoms with E-state index in [1.165, 1.54) is 0 Å². The third-order valence-electron chi connectivity index (χ3n) is 2.61. The molecule has 1 atom stereocenters. The summed E-state index contributed by atoms with van der Waals surface area (Å²) in [7, 11) is 0. The molecule has 1 heterocycles. The van der Waals surface area contributed by atoms with Crippen LogP contribution in [0.15, 0.2) is 4.52 Å². The predicted octanol–water partition coefficient (Wildman–Crippen LogP) is 2.01. The minimum atomic E-state index is -0.509. The molecule has 0 fully saturated rings. The molecule has 0 aliphatic carbocycles. The summed E-state index contributed by atoms with van der Waals surface area (Å²) in [6.45, 7) is 8.53. The number of aromatic nitrogens is 2. The Kier molecular flexibility index (Phi) is 5.08. The van der Waals surface area contributed by atoms with Crippen LogP contribution >= 0.6 is 0 Å². The van der Waals surface area contributed by atoms with E-state index in [2.05, 4.69) is 17.1 Å². The molecule has 1 aromatic rings. The summed E-state index contributed by atoms with van der Waals surface area (Å²) in [5, 5.41) is 3.95. The maximum Gasteiger partial charge on any atom is 0.228 e. The molecule has 1 unspecified atom stereocenters. The van der Waals surface area contributed by atoms with Gasteiger partial charge in [-0.25, -0.2) is 0 Å². The van der Waals surface area contributed by atoms with Crippen molar-refractivity contribution in [2.45, 2.75) is 58.6 Å². The van der Waals surface area contributed by atoms with Crippen LogP contribution in [0, 0.1) is 0 Å². The van der Waals surface area contributed by atoms with Crippen LogP contribution in [0.25, 0.3) is 0 Å². The second kappa shape index (κ2) is 6.12. The predicted molar refractivity (Wildman–Crippen MR) is 65.5 cm³/mol. The van der Waals surface area contributed by atoms with Gasteiger partial charge in [-0.2, -0.15) is 4.98 Å². The Morgan fingerprint density at radius 2 is 2.12 bits per heavy atom. The van der Waals surface area contributed by atoms with Crippen LogP contribution in [0.3, 0.4) is 0 Å². The van der Waals surface area contributed by atoms with Crippen molar-refractivity contribution in [3.8, 4) is 0 Å². The van der Waals surface area contributed by atoms with Gasteiger partial charge in [-0.15, -0.1) is 0 Å². The van der Waals surface area contributed by atoms with Gasteiger partial charge in [0, 0.05) is 19.1 Å². The maximum atomic E-state index is 5.93. The molecule has 17 heavy (non-hydrogen) atoms. The summed E-state index contributed by atoms with van der Waals surface area (Å²) in [5.74, 6) is 1.17. The molecule has 0 aliphatic heterocycles. The molecule has 0 bridgehead atoms. The molecule has 98 valence electrons. The Labute approximate surface area is 103 Å². The largest absolute Gasteiger partial charge is 0.368 e. The molecular weight excluding hydrogens is 218 g/mol. The third-order valence-corrected chi connectivity index (χ3v) is 2.61. The highest BCUT2D eigenvalue weighted by Gasteiger charge is 2.27. The molecule has 0 amide bonds. The van der Waals surface area contributed by atoms with Gasteiger partial charge >= 0.3 is 0 Å². The first kappa shape index (κ1) is 14.1. The fraction of sp³-hybridized carbons (Fsp3) is 0.833. The molecule has 5 nitrogen and oxygen atoms in total. The summed E-state index contributed by atoms with van der Waals surface area (Å²) in [6, 6.07) is 0.0866. The number of hydrogen-bond donors (Lipinski definition) is 1. The van der Waals surface area contributed by atoms with Crippen molar-refractivity contribution >= 4 is 0 Å². The minimum Gasteiger partial charge on any atom is -0.368 e. The fourth-order valence-corrected chi connectivity index (χ4v) is 1.70. The summed E-state index contributed by atoms with van der Waals surface area (Å²) >= 11 is 0. The molecule has 0 spiro atoms. The quantitative estimate of drug-likeness (QED) is 0.790. The molecule has 2 N–H and O–H groups in total. The number of ether oxygens (including phenoxy) is 1. The molecule has 0 saturated carbocycles. The van der Waals surface area contributed by atoms with E-state index in [9.17, 15) is 0 Å². The van der Waals surface area contributed by atoms with Crippen molar-refractivity contribution in [2.75, 3.05) is 6.61 Å². The first-order valence-electron chi connectivity index (χ1n) is 6.22. The summed E-state index contributed by atoms with van der Waals surface area (Å²) in [5.41, 5.74) is 5.43. The van der Waals surface area contributed by atoms with Gasteiger partial charge in [-0.1, -0.05) is 18.5 Å². The smallest absolute Gasteiger partial charge is 0.228 e. The van der Waals surface area contributed by atoms with Gasteiger partial charge in [0.25, 0.3) is 0 Å². The third kappa shape index (κ3) is 4.09. The van der Waals surface area contributed by atoms with Crippen LogP contribution in [0.2, 0.25) is 0 Å². The number of nitrogens with two attached hydrogens (primary N) is 1. The van der Waals surface area contributed by atoms with E-state index >= 15 is 0 Å². The van der Waals surface area contributed by atoms with E-state index in [0.29, 0.717) is 24.7 Å². The van der Waals surface area contributed by atoms with Crippen LogP contribution < -0.4 is 5.73 Å². The van der Waals surface area contributed by atoms with Crippen molar-refractivity contribution in [1.82, 2.24) is 10.1 Å². The average molecular weight is 241 g/mol. The van der Waals surface area contributed by atoms with Crippen LogP contribution in [0.1, 0.15) is 52.3 Å². The zero-order chi connectivity index (χ0) is 12.9. The van der Waals surface area contributed by atoms with Crippen molar-refractivity contribution in [3.63, 3.8) is 0 Å². The average Bonchev–Trinajstić information content (AvgIpc) is 2.67. The summed E-state index contributed by atoms with van der Waals surface area (Å²) in [4.78, 5) is 4.34. The second-order valence-corrected chi connectivity index (χ2v) is 4.71. The molecule has 1 rings (SSSR count). The first-order valence-corrected chi connectivity index (χ1v) is 6.22. The Morgan fingerprint density at radius 1 is 1.41 bits per heavy atom. The zero-order valence-electron chi connectivity index (χ0n) is 11.2. The minimum absolute atomic E-state index is 0.0866. The van der Waals surface area contributed by atoms with Crippen molar-refractivity contribution in [1.29, 1.82) is 0 Å². The lowest BCUT2D eigenvalue weighted by Crippen LogP contribution is -2.24. The molecular formula is C12H23N3O2. The lowest BCUT2D eigenvalue weighted by Gasteiger charge is -2.19. The SMILES string of the molecule is CCCC(N)Cc1nc(C(C)(C)OCC)no1. The van der Waals surface area contributed by atoms with E-state index in [-0.39, 0.29) is 6.04 Å². The van der Waals surface area contributed by atoms with Crippen LogP contribution in [-0.2, 0) is 16.8 Å². The monoisotopic (exact) mass is 241 g/mol. The first-order chi connectivity index (χ1) is 7.99. The number of hydrogen-bond acceptors (Lipinski definition) is 5. The molecule has 1 aromatic heterocycles. The van der Waals surface area contributed by atoms with Crippen molar-refractivity contribution < 1.29 is 9.26 Å². The Hall–Kier alpha value is -0.940. The molecule has 0 aromatic carbocycles. The van der Waals surface area contributed by atoms with Crippen molar-refractivity contribution in [3.05, 3.63) is 11.7 Å². The molecule has 0 aliphatic rings. The van der Waals surface area contributed by atoms with E-state index in [4.69, 9.17) is 15.0 Å². The Balaban J connectivity index is 2.64. The fourth-order valence-electron chi connectivity index (χ4n) is 1.70. The van der Waals surface area contributed by atoms with Crippen molar-refractivity contribution in [2.24, 2.45) is 5.73 Å². The van der Waals surface area contributed by atoms with Crippen LogP contribution in [-0.4, -0.2) is 22.8 Å². The lowest BCUT2D eigenvalue weighted by atomic mass is 10.1. The standard InChI is InChI=1S/C12H23N3O2/c1-5-7-9(13)8-10-14-11(15-17-10)12(3,4)16-6-2/h9H,5-8,13H2,1-4H3. The highest BCUT2D eigenvalue weighted by molar-refractivity contribution is 4.98. The van der Waals surface area contributed by atoms with Crippen LogP contribution in [0.4, 0.5) is 0 Å². The van der Waals surface area contributed by atoms with Gasteiger partial charge in [0.05, 0.1) is 0 Å². The van der Waals surface area contributed by atoms with E-state index < -0.39 is 5.60 Å².